The van der Waals surface area contributed by atoms with Crippen LogP contribution in [0.2, 0.25) is 0 Å². The monoisotopic (exact) mass is 271 g/mol. The Balaban J connectivity index is 2.00. The van der Waals surface area contributed by atoms with Gasteiger partial charge >= 0.3 is 0 Å². The number of hydrogen-bond acceptors (Lipinski definition) is 3. The maximum Gasteiger partial charge on any atom is 0.264 e. The second-order valence-corrected chi connectivity index (χ2v) is 5.78. The van der Waals surface area contributed by atoms with Crippen molar-refractivity contribution in [2.45, 2.75) is 12.8 Å². The molecule has 6 heteroatoms. The highest BCUT2D eigenvalue weighted by atomic mass is 32.2. The summed E-state index contributed by atoms with van der Waals surface area (Å²) < 4.78 is 39.2. The zero-order valence-electron chi connectivity index (χ0n) is 9.94. The van der Waals surface area contributed by atoms with Crippen LogP contribution in [0.15, 0.2) is 24.4 Å². The summed E-state index contributed by atoms with van der Waals surface area (Å²) in [5.74, 6) is -0.281. The molecule has 0 aliphatic rings. The lowest BCUT2D eigenvalue weighted by atomic mass is 10.1. The first-order valence-electron chi connectivity index (χ1n) is 5.55. The molecule has 4 nitrogen and oxygen atoms in total. The molecular weight excluding hydrogens is 257 g/mol. The Hall–Kier alpha value is -1.40. The summed E-state index contributed by atoms with van der Waals surface area (Å²) in [6.07, 6.45) is 4.12. The third-order valence-corrected chi connectivity index (χ3v) is 3.21. The number of hydrogen-bond donors (Lipinski definition) is 1. The van der Waals surface area contributed by atoms with Crippen LogP contribution in [0.1, 0.15) is 12.0 Å². The van der Waals surface area contributed by atoms with Crippen LogP contribution in [0.4, 0.5) is 4.39 Å². The number of aromatic amines is 1. The van der Waals surface area contributed by atoms with Crippen molar-refractivity contribution in [2.24, 2.45) is 0 Å². The van der Waals surface area contributed by atoms with E-state index in [0.29, 0.717) is 12.8 Å². The van der Waals surface area contributed by atoms with Gasteiger partial charge in [-0.05, 0) is 36.6 Å². The summed E-state index contributed by atoms with van der Waals surface area (Å²) in [4.78, 5) is 2.99. The number of benzene rings is 1. The van der Waals surface area contributed by atoms with Gasteiger partial charge in [0.05, 0.1) is 12.9 Å². The Morgan fingerprint density at radius 1 is 1.39 bits per heavy atom. The summed E-state index contributed by atoms with van der Waals surface area (Å²) in [6, 6.07) is 4.56. The zero-order chi connectivity index (χ0) is 13.2. The van der Waals surface area contributed by atoms with Crippen LogP contribution in [0.25, 0.3) is 10.9 Å². The third kappa shape index (κ3) is 3.30. The van der Waals surface area contributed by atoms with E-state index in [9.17, 15) is 12.8 Å². The van der Waals surface area contributed by atoms with Gasteiger partial charge in [-0.1, -0.05) is 0 Å². The minimum Gasteiger partial charge on any atom is -0.361 e. The van der Waals surface area contributed by atoms with Crippen molar-refractivity contribution in [1.82, 2.24) is 4.98 Å². The molecule has 1 heterocycles. The third-order valence-electron chi connectivity index (χ3n) is 2.62. The minimum atomic E-state index is -3.37. The Morgan fingerprint density at radius 3 is 2.89 bits per heavy atom. The normalized spacial score (nSPS) is 12.1. The molecule has 0 fully saturated rings. The van der Waals surface area contributed by atoms with E-state index in [1.807, 2.05) is 6.20 Å². The summed E-state index contributed by atoms with van der Waals surface area (Å²) >= 11 is 0. The number of H-pyrrole nitrogens is 1. The predicted octanol–water partition coefficient (Wildman–Crippen LogP) is 2.22. The van der Waals surface area contributed by atoms with Crippen LogP contribution in [-0.2, 0) is 20.7 Å². The van der Waals surface area contributed by atoms with Gasteiger partial charge < -0.3 is 4.98 Å². The van der Waals surface area contributed by atoms with Crippen LogP contribution >= 0.6 is 0 Å². The van der Waals surface area contributed by atoms with Gasteiger partial charge in [-0.2, -0.15) is 8.42 Å². The highest BCUT2D eigenvalue weighted by Gasteiger charge is 2.06. The Morgan fingerprint density at radius 2 is 2.17 bits per heavy atom. The predicted molar refractivity (Wildman–Crippen MR) is 67.4 cm³/mol. The van der Waals surface area contributed by atoms with Crippen molar-refractivity contribution < 1.29 is 17.0 Å². The smallest absolute Gasteiger partial charge is 0.264 e. The molecule has 18 heavy (non-hydrogen) atoms. The number of fused-ring (bicyclic) bond motifs is 1. The maximum absolute atomic E-state index is 13.0. The standard InChI is InChI=1S/C12H14FNO3S/c1-18(15,16)17-6-2-3-9-8-14-12-7-10(13)4-5-11(9)12/h4-5,7-8,14H,2-3,6H2,1H3. The summed E-state index contributed by atoms with van der Waals surface area (Å²) in [6.45, 7) is 0.159. The van der Waals surface area contributed by atoms with E-state index in [1.165, 1.54) is 12.1 Å². The van der Waals surface area contributed by atoms with Gasteiger partial charge in [0.2, 0.25) is 0 Å². The molecule has 0 unspecified atom stereocenters. The first kappa shape index (κ1) is 13.0. The fourth-order valence-electron chi connectivity index (χ4n) is 1.84. The van der Waals surface area contributed by atoms with E-state index >= 15 is 0 Å². The molecule has 2 aromatic rings. The largest absolute Gasteiger partial charge is 0.361 e. The highest BCUT2D eigenvalue weighted by molar-refractivity contribution is 7.85. The summed E-state index contributed by atoms with van der Waals surface area (Å²) in [5.41, 5.74) is 1.77. The van der Waals surface area contributed by atoms with Gasteiger partial charge in [-0.25, -0.2) is 4.39 Å². The Labute approximate surface area is 105 Å². The SMILES string of the molecule is CS(=O)(=O)OCCCc1c[nH]c2cc(F)ccc12. The van der Waals surface area contributed by atoms with E-state index < -0.39 is 10.1 Å². The lowest BCUT2D eigenvalue weighted by Crippen LogP contribution is -2.04. The topological polar surface area (TPSA) is 59.2 Å². The lowest BCUT2D eigenvalue weighted by Gasteiger charge is -2.01. The molecular formula is C12H14FNO3S. The van der Waals surface area contributed by atoms with Gasteiger partial charge in [-0.3, -0.25) is 4.18 Å². The Kier molecular flexibility index (Phi) is 3.68. The second-order valence-electron chi connectivity index (χ2n) is 4.13. The first-order valence-corrected chi connectivity index (χ1v) is 7.37. The molecule has 98 valence electrons. The van der Waals surface area contributed by atoms with Crippen molar-refractivity contribution >= 4 is 21.0 Å². The summed E-state index contributed by atoms with van der Waals surface area (Å²) in [7, 11) is -3.37. The quantitative estimate of drug-likeness (QED) is 0.670. The van der Waals surface area contributed by atoms with Gasteiger partial charge in [-0.15, -0.1) is 0 Å². The van der Waals surface area contributed by atoms with E-state index in [-0.39, 0.29) is 12.4 Å². The first-order chi connectivity index (χ1) is 8.46. The highest BCUT2D eigenvalue weighted by Crippen LogP contribution is 2.20. The molecule has 1 N–H and O–H groups in total. The molecule has 1 aromatic heterocycles. The molecule has 1 aromatic carbocycles. The van der Waals surface area contributed by atoms with E-state index in [2.05, 4.69) is 9.17 Å². The van der Waals surface area contributed by atoms with Crippen LogP contribution < -0.4 is 0 Å². The average molecular weight is 271 g/mol. The molecule has 0 aliphatic heterocycles. The zero-order valence-corrected chi connectivity index (χ0v) is 10.8. The van der Waals surface area contributed by atoms with Gasteiger partial charge in [0, 0.05) is 17.1 Å². The fraction of sp³-hybridized carbons (Fsp3) is 0.333. The number of nitrogens with one attached hydrogen (secondary N) is 1. The van der Waals surface area contributed by atoms with Crippen molar-refractivity contribution in [1.29, 1.82) is 0 Å². The van der Waals surface area contributed by atoms with Gasteiger partial charge in [0.1, 0.15) is 5.82 Å². The summed E-state index contributed by atoms with van der Waals surface area (Å²) in [5, 5.41) is 0.954. The average Bonchev–Trinajstić information content (AvgIpc) is 2.65. The van der Waals surface area contributed by atoms with E-state index in [1.54, 1.807) is 6.07 Å². The molecule has 0 spiro atoms. The number of rotatable bonds is 5. The molecule has 0 radical (unpaired) electrons. The van der Waals surface area contributed by atoms with Gasteiger partial charge in [0.25, 0.3) is 10.1 Å². The molecule has 0 saturated carbocycles. The van der Waals surface area contributed by atoms with Crippen LogP contribution in [0.5, 0.6) is 0 Å². The number of aromatic nitrogens is 1. The van der Waals surface area contributed by atoms with Crippen molar-refractivity contribution in [2.75, 3.05) is 12.9 Å². The Bertz CT molecular complexity index is 648. The van der Waals surface area contributed by atoms with E-state index in [4.69, 9.17) is 0 Å². The van der Waals surface area contributed by atoms with Crippen molar-refractivity contribution in [3.8, 4) is 0 Å². The van der Waals surface area contributed by atoms with E-state index in [0.717, 1.165) is 22.7 Å². The van der Waals surface area contributed by atoms with Crippen LogP contribution in [0.3, 0.4) is 0 Å². The van der Waals surface area contributed by atoms with Crippen LogP contribution in [0, 0.1) is 5.82 Å². The molecule has 0 aliphatic carbocycles. The second kappa shape index (κ2) is 5.07. The minimum absolute atomic E-state index is 0.159. The molecule has 2 rings (SSSR count). The molecule has 0 bridgehead atoms. The van der Waals surface area contributed by atoms with Crippen molar-refractivity contribution in [3.05, 3.63) is 35.8 Å². The lowest BCUT2D eigenvalue weighted by molar-refractivity contribution is 0.316. The fourth-order valence-corrected chi connectivity index (χ4v) is 2.26. The number of aryl methyl sites for hydroxylation is 1. The van der Waals surface area contributed by atoms with Crippen molar-refractivity contribution in [3.63, 3.8) is 0 Å². The van der Waals surface area contributed by atoms with Crippen LogP contribution in [-0.4, -0.2) is 26.3 Å². The maximum atomic E-state index is 13.0. The molecule has 0 atom stereocenters. The molecule has 0 saturated heterocycles. The van der Waals surface area contributed by atoms with Gasteiger partial charge in [0.15, 0.2) is 0 Å². The number of halogens is 1. The molecule has 0 amide bonds.